The van der Waals surface area contributed by atoms with Crippen LogP contribution in [0.4, 0.5) is 0 Å². The van der Waals surface area contributed by atoms with E-state index in [2.05, 4.69) is 70.3 Å². The fourth-order valence-corrected chi connectivity index (χ4v) is 3.06. The number of fused-ring (bicyclic) bond motifs is 1. The van der Waals surface area contributed by atoms with Crippen molar-refractivity contribution in [2.75, 3.05) is 0 Å². The topological polar surface area (TPSA) is 30.2 Å². The maximum atomic E-state index is 4.79. The lowest BCUT2D eigenvalue weighted by molar-refractivity contribution is 0.942. The van der Waals surface area contributed by atoms with Gasteiger partial charge in [0.2, 0.25) is 0 Å². The van der Waals surface area contributed by atoms with Crippen LogP contribution >= 0.6 is 15.9 Å². The van der Waals surface area contributed by atoms with Gasteiger partial charge in [0.15, 0.2) is 5.65 Å². The van der Waals surface area contributed by atoms with Crippen molar-refractivity contribution in [1.29, 1.82) is 0 Å². The third-order valence-corrected chi connectivity index (χ3v) is 4.57. The second-order valence-corrected chi connectivity index (χ2v) is 6.87. The molecule has 0 unspecified atom stereocenters. The van der Waals surface area contributed by atoms with Crippen molar-refractivity contribution in [2.45, 2.75) is 13.8 Å². The van der Waals surface area contributed by atoms with Crippen LogP contribution in [0.2, 0.25) is 0 Å². The van der Waals surface area contributed by atoms with E-state index in [4.69, 9.17) is 5.10 Å². The van der Waals surface area contributed by atoms with Crippen molar-refractivity contribution in [2.24, 2.45) is 0 Å². The van der Waals surface area contributed by atoms with Crippen molar-refractivity contribution in [3.8, 4) is 22.5 Å². The molecule has 0 N–H and O–H groups in total. The monoisotopic (exact) mass is 377 g/mol. The van der Waals surface area contributed by atoms with Gasteiger partial charge in [-0.25, -0.2) is 9.50 Å². The summed E-state index contributed by atoms with van der Waals surface area (Å²) >= 11 is 3.49. The van der Waals surface area contributed by atoms with E-state index in [1.54, 1.807) is 0 Å². The number of aryl methyl sites for hydroxylation is 2. The van der Waals surface area contributed by atoms with E-state index >= 15 is 0 Å². The second-order valence-electron chi connectivity index (χ2n) is 5.96. The zero-order valence-corrected chi connectivity index (χ0v) is 15.1. The zero-order chi connectivity index (χ0) is 16.7. The summed E-state index contributed by atoms with van der Waals surface area (Å²) in [5.41, 5.74) is 7.29. The van der Waals surface area contributed by atoms with Gasteiger partial charge in [0.1, 0.15) is 0 Å². The van der Waals surface area contributed by atoms with Crippen LogP contribution in [0.15, 0.2) is 65.1 Å². The van der Waals surface area contributed by atoms with Crippen molar-refractivity contribution in [3.05, 3.63) is 76.4 Å². The Kier molecular flexibility index (Phi) is 3.69. The van der Waals surface area contributed by atoms with Gasteiger partial charge < -0.3 is 0 Å². The van der Waals surface area contributed by atoms with Crippen LogP contribution in [0.3, 0.4) is 0 Å². The predicted molar refractivity (Wildman–Crippen MR) is 101 cm³/mol. The highest BCUT2D eigenvalue weighted by molar-refractivity contribution is 9.10. The molecule has 2 aromatic carbocycles. The molecule has 0 saturated heterocycles. The Labute approximate surface area is 149 Å². The van der Waals surface area contributed by atoms with Crippen molar-refractivity contribution in [1.82, 2.24) is 14.6 Å². The lowest BCUT2D eigenvalue weighted by Gasteiger charge is -2.06. The molecule has 2 aromatic heterocycles. The summed E-state index contributed by atoms with van der Waals surface area (Å²) in [5, 5.41) is 4.79. The fraction of sp³-hybridized carbons (Fsp3) is 0.100. The first-order valence-corrected chi connectivity index (χ1v) is 8.60. The average Bonchev–Trinajstić information content (AvgIpc) is 2.99. The molecule has 0 fully saturated rings. The molecular formula is C20H16BrN3. The Hall–Kier alpha value is -2.46. The van der Waals surface area contributed by atoms with E-state index < -0.39 is 0 Å². The lowest BCUT2D eigenvalue weighted by Crippen LogP contribution is -1.98. The first-order chi connectivity index (χ1) is 11.6. The van der Waals surface area contributed by atoms with Gasteiger partial charge in [0, 0.05) is 27.4 Å². The summed E-state index contributed by atoms with van der Waals surface area (Å²) in [7, 11) is 0. The van der Waals surface area contributed by atoms with Gasteiger partial charge in [0.25, 0.3) is 0 Å². The molecule has 0 aliphatic rings. The SMILES string of the molecule is Cc1ccc(-c2cc3nc(C)cc(-c4ccc(Br)cc4)n3n2)cc1. The molecule has 0 radical (unpaired) electrons. The van der Waals surface area contributed by atoms with Crippen molar-refractivity contribution >= 4 is 21.6 Å². The van der Waals surface area contributed by atoms with Crippen LogP contribution < -0.4 is 0 Å². The molecule has 4 aromatic rings. The summed E-state index contributed by atoms with van der Waals surface area (Å²) in [6.07, 6.45) is 0. The van der Waals surface area contributed by atoms with E-state index in [9.17, 15) is 0 Å². The first kappa shape index (κ1) is 15.1. The highest BCUT2D eigenvalue weighted by atomic mass is 79.9. The maximum absolute atomic E-state index is 4.79. The molecule has 2 heterocycles. The minimum atomic E-state index is 0.864. The van der Waals surface area contributed by atoms with Crippen LogP contribution in [0.25, 0.3) is 28.2 Å². The molecule has 0 spiro atoms. The van der Waals surface area contributed by atoms with Gasteiger partial charge in [-0.05, 0) is 32.0 Å². The fourth-order valence-electron chi connectivity index (χ4n) is 2.79. The molecule has 118 valence electrons. The van der Waals surface area contributed by atoms with Gasteiger partial charge in [-0.3, -0.25) is 0 Å². The molecular weight excluding hydrogens is 362 g/mol. The highest BCUT2D eigenvalue weighted by Gasteiger charge is 2.11. The standard InChI is InChI=1S/C20H16BrN3/c1-13-3-5-15(6-4-13)18-12-20-22-14(2)11-19(24(20)23-18)16-7-9-17(21)10-8-16/h3-12H,1-2H3. The van der Waals surface area contributed by atoms with E-state index in [1.807, 2.05) is 29.6 Å². The van der Waals surface area contributed by atoms with Gasteiger partial charge in [0.05, 0.1) is 11.4 Å². The third kappa shape index (κ3) is 2.74. The van der Waals surface area contributed by atoms with Crippen LogP contribution in [0.5, 0.6) is 0 Å². The van der Waals surface area contributed by atoms with Crippen LogP contribution in [-0.4, -0.2) is 14.6 Å². The molecule has 0 aliphatic carbocycles. The molecule has 4 heteroatoms. The number of benzene rings is 2. The Morgan fingerprint density at radius 2 is 1.50 bits per heavy atom. The van der Waals surface area contributed by atoms with Crippen molar-refractivity contribution in [3.63, 3.8) is 0 Å². The summed E-state index contributed by atoms with van der Waals surface area (Å²) in [4.78, 5) is 4.63. The summed E-state index contributed by atoms with van der Waals surface area (Å²) in [5.74, 6) is 0. The number of aromatic nitrogens is 3. The number of hydrogen-bond acceptors (Lipinski definition) is 2. The van der Waals surface area contributed by atoms with Gasteiger partial charge in [-0.2, -0.15) is 5.10 Å². The normalized spacial score (nSPS) is 11.1. The highest BCUT2D eigenvalue weighted by Crippen LogP contribution is 2.26. The first-order valence-electron chi connectivity index (χ1n) is 7.80. The predicted octanol–water partition coefficient (Wildman–Crippen LogP) is 5.44. The Bertz CT molecular complexity index is 1020. The number of hydrogen-bond donors (Lipinski definition) is 0. The quantitative estimate of drug-likeness (QED) is 0.465. The zero-order valence-electron chi connectivity index (χ0n) is 13.5. The summed E-state index contributed by atoms with van der Waals surface area (Å²) < 4.78 is 2.99. The Morgan fingerprint density at radius 3 is 2.21 bits per heavy atom. The van der Waals surface area contributed by atoms with Gasteiger partial charge >= 0.3 is 0 Å². The smallest absolute Gasteiger partial charge is 0.156 e. The third-order valence-electron chi connectivity index (χ3n) is 4.04. The minimum Gasteiger partial charge on any atom is -0.234 e. The molecule has 24 heavy (non-hydrogen) atoms. The average molecular weight is 378 g/mol. The molecule has 4 rings (SSSR count). The molecule has 0 amide bonds. The molecule has 0 aliphatic heterocycles. The largest absolute Gasteiger partial charge is 0.234 e. The molecule has 0 atom stereocenters. The van der Waals surface area contributed by atoms with Gasteiger partial charge in [-0.15, -0.1) is 0 Å². The molecule has 3 nitrogen and oxygen atoms in total. The van der Waals surface area contributed by atoms with E-state index in [-0.39, 0.29) is 0 Å². The van der Waals surface area contributed by atoms with Gasteiger partial charge in [-0.1, -0.05) is 57.9 Å². The summed E-state index contributed by atoms with van der Waals surface area (Å²) in [6, 6.07) is 20.8. The summed E-state index contributed by atoms with van der Waals surface area (Å²) in [6.45, 7) is 4.10. The number of nitrogens with zero attached hydrogens (tertiary/aromatic N) is 3. The van der Waals surface area contributed by atoms with Crippen molar-refractivity contribution < 1.29 is 0 Å². The minimum absolute atomic E-state index is 0.864. The van der Waals surface area contributed by atoms with E-state index in [0.29, 0.717) is 0 Å². The van der Waals surface area contributed by atoms with E-state index in [0.717, 1.165) is 38.3 Å². The molecule has 0 saturated carbocycles. The maximum Gasteiger partial charge on any atom is 0.156 e. The van der Waals surface area contributed by atoms with Crippen LogP contribution in [0.1, 0.15) is 11.3 Å². The van der Waals surface area contributed by atoms with Crippen LogP contribution in [-0.2, 0) is 0 Å². The van der Waals surface area contributed by atoms with Crippen LogP contribution in [0, 0.1) is 13.8 Å². The lowest BCUT2D eigenvalue weighted by atomic mass is 10.1. The Morgan fingerprint density at radius 1 is 0.833 bits per heavy atom. The number of halogens is 1. The Balaban J connectivity index is 1.91. The number of rotatable bonds is 2. The second kappa shape index (κ2) is 5.87. The molecule has 0 bridgehead atoms. The van der Waals surface area contributed by atoms with E-state index in [1.165, 1.54) is 5.56 Å².